The second-order valence-electron chi connectivity index (χ2n) is 4.93. The topological polar surface area (TPSA) is 28.2 Å². The third kappa shape index (κ3) is 6.22. The molecule has 7 heteroatoms. The van der Waals surface area contributed by atoms with Gasteiger partial charge in [-0.05, 0) is 25.8 Å². The lowest BCUT2D eigenvalue weighted by Crippen LogP contribution is -2.34. The predicted octanol–water partition coefficient (Wildman–Crippen LogP) is 3.98. The molecule has 0 bridgehead atoms. The van der Waals surface area contributed by atoms with Gasteiger partial charge in [-0.3, -0.25) is 0 Å². The maximum Gasteiger partial charge on any atom is 0.406 e. The van der Waals surface area contributed by atoms with Crippen LogP contribution in [0.5, 0.6) is 0 Å². The van der Waals surface area contributed by atoms with Gasteiger partial charge in [-0.25, -0.2) is 4.98 Å². The summed E-state index contributed by atoms with van der Waals surface area (Å²) in [6.07, 6.45) is -1.76. The Bertz CT molecular complexity index is 418. The van der Waals surface area contributed by atoms with Crippen LogP contribution in [-0.4, -0.2) is 30.8 Å². The van der Waals surface area contributed by atoms with Crippen LogP contribution in [0.25, 0.3) is 0 Å². The minimum Gasteiger partial charge on any atom is -0.339 e. The van der Waals surface area contributed by atoms with Crippen molar-refractivity contribution in [1.82, 2.24) is 10.3 Å². The highest BCUT2D eigenvalue weighted by Crippen LogP contribution is 2.29. The first-order valence-corrected chi connectivity index (χ1v) is 8.23. The maximum atomic E-state index is 12.7. The number of anilines is 1. The number of alkyl halides is 3. The zero-order valence-electron chi connectivity index (χ0n) is 12.9. The van der Waals surface area contributed by atoms with Crippen molar-refractivity contribution in [2.24, 2.45) is 0 Å². The van der Waals surface area contributed by atoms with Gasteiger partial charge in [-0.2, -0.15) is 13.2 Å². The van der Waals surface area contributed by atoms with Gasteiger partial charge in [0, 0.05) is 18.0 Å². The van der Waals surface area contributed by atoms with Crippen molar-refractivity contribution >= 4 is 16.5 Å². The molecular weight excluding hydrogens is 299 g/mol. The number of hydrogen-bond donors (Lipinski definition) is 1. The van der Waals surface area contributed by atoms with Gasteiger partial charge < -0.3 is 10.2 Å². The highest BCUT2D eigenvalue weighted by atomic mass is 32.1. The molecule has 1 heterocycles. The summed E-state index contributed by atoms with van der Waals surface area (Å²) in [6.45, 7) is 6.96. The maximum absolute atomic E-state index is 12.7. The smallest absolute Gasteiger partial charge is 0.339 e. The molecule has 122 valence electrons. The van der Waals surface area contributed by atoms with E-state index in [9.17, 15) is 13.2 Å². The number of aromatic nitrogens is 1. The fourth-order valence-corrected chi connectivity index (χ4v) is 3.17. The Hall–Kier alpha value is -0.820. The standard InChI is InChI=1S/C14H24F3N3S/c1-4-7-18-9-12-11(6-3)19-13(21-12)20(8-5-2)10-14(15,16)17/h18H,4-10H2,1-3H3. The van der Waals surface area contributed by atoms with E-state index in [1.807, 2.05) is 13.8 Å². The molecule has 0 atom stereocenters. The number of rotatable bonds is 9. The quantitative estimate of drug-likeness (QED) is 0.697. The molecule has 0 aliphatic heterocycles. The summed E-state index contributed by atoms with van der Waals surface area (Å²) in [5, 5.41) is 3.77. The predicted molar refractivity (Wildman–Crippen MR) is 82.0 cm³/mol. The summed E-state index contributed by atoms with van der Waals surface area (Å²) in [7, 11) is 0. The Balaban J connectivity index is 2.87. The fraction of sp³-hybridized carbons (Fsp3) is 0.786. The molecule has 3 nitrogen and oxygen atoms in total. The van der Waals surface area contributed by atoms with E-state index in [0.29, 0.717) is 24.6 Å². The van der Waals surface area contributed by atoms with Crippen LogP contribution in [0.4, 0.5) is 18.3 Å². The molecule has 1 N–H and O–H groups in total. The van der Waals surface area contributed by atoms with Crippen molar-refractivity contribution < 1.29 is 13.2 Å². The van der Waals surface area contributed by atoms with E-state index >= 15 is 0 Å². The Kier molecular flexibility index (Phi) is 7.45. The molecule has 0 amide bonds. The number of aryl methyl sites for hydroxylation is 1. The van der Waals surface area contributed by atoms with Crippen LogP contribution in [0, 0.1) is 0 Å². The van der Waals surface area contributed by atoms with Crippen LogP contribution >= 0.6 is 11.3 Å². The van der Waals surface area contributed by atoms with Gasteiger partial charge in [0.1, 0.15) is 6.54 Å². The van der Waals surface area contributed by atoms with Crippen molar-refractivity contribution in [1.29, 1.82) is 0 Å². The van der Waals surface area contributed by atoms with Crippen LogP contribution < -0.4 is 10.2 Å². The highest BCUT2D eigenvalue weighted by Gasteiger charge is 2.32. The first-order chi connectivity index (χ1) is 9.91. The van der Waals surface area contributed by atoms with Gasteiger partial charge >= 0.3 is 6.18 Å². The van der Waals surface area contributed by atoms with Crippen LogP contribution in [-0.2, 0) is 13.0 Å². The molecule has 21 heavy (non-hydrogen) atoms. The molecule has 0 spiro atoms. The molecule has 0 saturated heterocycles. The van der Waals surface area contributed by atoms with Gasteiger partial charge in [-0.15, -0.1) is 11.3 Å². The van der Waals surface area contributed by atoms with Gasteiger partial charge in [-0.1, -0.05) is 20.8 Å². The summed E-state index contributed by atoms with van der Waals surface area (Å²) in [6, 6.07) is 0. The first kappa shape index (κ1) is 18.2. The molecule has 0 aromatic carbocycles. The number of nitrogens with zero attached hydrogens (tertiary/aromatic N) is 2. The summed E-state index contributed by atoms with van der Waals surface area (Å²) < 4.78 is 38.0. The van der Waals surface area contributed by atoms with E-state index in [2.05, 4.69) is 17.2 Å². The molecule has 0 unspecified atom stereocenters. The largest absolute Gasteiger partial charge is 0.406 e. The number of hydrogen-bond acceptors (Lipinski definition) is 4. The molecule has 0 aliphatic carbocycles. The Morgan fingerprint density at radius 2 is 1.90 bits per heavy atom. The van der Waals surface area contributed by atoms with E-state index in [1.165, 1.54) is 16.2 Å². The molecule has 0 saturated carbocycles. The summed E-state index contributed by atoms with van der Waals surface area (Å²) in [5.41, 5.74) is 0.905. The van der Waals surface area contributed by atoms with Crippen molar-refractivity contribution in [3.63, 3.8) is 0 Å². The second-order valence-corrected chi connectivity index (χ2v) is 6.00. The third-order valence-electron chi connectivity index (χ3n) is 2.95. The van der Waals surface area contributed by atoms with E-state index in [0.717, 1.165) is 30.0 Å². The first-order valence-electron chi connectivity index (χ1n) is 7.42. The average Bonchev–Trinajstić information content (AvgIpc) is 2.80. The zero-order chi connectivity index (χ0) is 15.9. The summed E-state index contributed by atoms with van der Waals surface area (Å²) >= 11 is 1.38. The van der Waals surface area contributed by atoms with Crippen molar-refractivity contribution in [2.75, 3.05) is 24.5 Å². The van der Waals surface area contributed by atoms with Crippen molar-refractivity contribution in [3.05, 3.63) is 10.6 Å². The van der Waals surface area contributed by atoms with Gasteiger partial charge in [0.2, 0.25) is 0 Å². The molecule has 1 aromatic rings. The number of nitrogens with one attached hydrogen (secondary N) is 1. The fourth-order valence-electron chi connectivity index (χ4n) is 2.03. The molecule has 1 aromatic heterocycles. The Morgan fingerprint density at radius 1 is 1.19 bits per heavy atom. The van der Waals surface area contributed by atoms with E-state index < -0.39 is 12.7 Å². The van der Waals surface area contributed by atoms with E-state index in [-0.39, 0.29) is 0 Å². The van der Waals surface area contributed by atoms with Crippen LogP contribution in [0.2, 0.25) is 0 Å². The monoisotopic (exact) mass is 323 g/mol. The molecule has 0 aliphatic rings. The van der Waals surface area contributed by atoms with Gasteiger partial charge in [0.15, 0.2) is 5.13 Å². The lowest BCUT2D eigenvalue weighted by Gasteiger charge is -2.22. The van der Waals surface area contributed by atoms with E-state index in [1.54, 1.807) is 0 Å². The molecule has 1 rings (SSSR count). The number of halogens is 3. The Morgan fingerprint density at radius 3 is 2.43 bits per heavy atom. The molecule has 0 fully saturated rings. The molecular formula is C14H24F3N3S. The van der Waals surface area contributed by atoms with Gasteiger partial charge in [0.05, 0.1) is 5.69 Å². The normalized spacial score (nSPS) is 11.9. The Labute approximate surface area is 128 Å². The SMILES string of the molecule is CCCNCc1sc(N(CCC)CC(F)(F)F)nc1CC. The summed E-state index contributed by atoms with van der Waals surface area (Å²) in [4.78, 5) is 6.80. The average molecular weight is 323 g/mol. The zero-order valence-corrected chi connectivity index (χ0v) is 13.7. The minimum absolute atomic E-state index is 0.373. The van der Waals surface area contributed by atoms with Crippen LogP contribution in [0.1, 0.15) is 44.2 Å². The lowest BCUT2D eigenvalue weighted by molar-refractivity contribution is -0.119. The van der Waals surface area contributed by atoms with Crippen molar-refractivity contribution in [3.8, 4) is 0 Å². The second kappa shape index (κ2) is 8.58. The number of thiazole rings is 1. The third-order valence-corrected chi connectivity index (χ3v) is 4.11. The molecule has 0 radical (unpaired) electrons. The highest BCUT2D eigenvalue weighted by molar-refractivity contribution is 7.15. The minimum atomic E-state index is -4.20. The van der Waals surface area contributed by atoms with E-state index in [4.69, 9.17) is 0 Å². The van der Waals surface area contributed by atoms with Crippen LogP contribution in [0.3, 0.4) is 0 Å². The lowest BCUT2D eigenvalue weighted by atomic mass is 10.3. The van der Waals surface area contributed by atoms with Gasteiger partial charge in [0.25, 0.3) is 0 Å². The summed E-state index contributed by atoms with van der Waals surface area (Å²) in [5.74, 6) is 0. The van der Waals surface area contributed by atoms with Crippen molar-refractivity contribution in [2.45, 2.75) is 52.8 Å². The van der Waals surface area contributed by atoms with Crippen LogP contribution in [0.15, 0.2) is 0 Å².